The van der Waals surface area contributed by atoms with E-state index in [1.807, 2.05) is 0 Å². The molecule has 0 saturated carbocycles. The van der Waals surface area contributed by atoms with E-state index in [0.717, 1.165) is 10.6 Å². The van der Waals surface area contributed by atoms with Crippen molar-refractivity contribution in [2.45, 2.75) is 19.4 Å². The number of hydrogen-bond donors (Lipinski definition) is 1. The molecule has 1 atom stereocenters. The quantitative estimate of drug-likeness (QED) is 0.776. The van der Waals surface area contributed by atoms with E-state index >= 15 is 0 Å². The molecule has 0 aromatic heterocycles. The normalized spacial score (nSPS) is 12.3. The fraction of sp³-hybridized carbons (Fsp3) is 0.278. The minimum atomic E-state index is -3.68. The van der Waals surface area contributed by atoms with Crippen molar-refractivity contribution in [2.75, 3.05) is 23.0 Å². The second-order valence-corrected chi connectivity index (χ2v) is 7.95. The van der Waals surface area contributed by atoms with Crippen LogP contribution in [0.5, 0.6) is 5.75 Å². The van der Waals surface area contributed by atoms with Crippen LogP contribution in [-0.4, -0.2) is 33.7 Å². The lowest BCUT2D eigenvalue weighted by Crippen LogP contribution is -2.47. The lowest BCUT2D eigenvalue weighted by Gasteiger charge is -2.30. The Morgan fingerprint density at radius 1 is 1.23 bits per heavy atom. The molecule has 0 aliphatic carbocycles. The van der Waals surface area contributed by atoms with Gasteiger partial charge in [0.1, 0.15) is 11.8 Å². The molecule has 2 rings (SSSR count). The third kappa shape index (κ3) is 4.68. The molecule has 140 valence electrons. The number of nitrogens with one attached hydrogen (secondary N) is 1. The molecule has 0 heterocycles. The van der Waals surface area contributed by atoms with Gasteiger partial charge in [0.2, 0.25) is 15.9 Å². The number of sulfonamides is 1. The van der Waals surface area contributed by atoms with Crippen LogP contribution in [-0.2, 0) is 14.8 Å². The Morgan fingerprint density at radius 3 is 2.42 bits per heavy atom. The van der Waals surface area contributed by atoms with E-state index in [1.165, 1.54) is 7.11 Å². The number of carbonyl (C=O) groups excluding carboxylic acids is 1. The third-order valence-corrected chi connectivity index (χ3v) is 5.17. The zero-order chi connectivity index (χ0) is 19.3. The van der Waals surface area contributed by atoms with Crippen LogP contribution in [0.3, 0.4) is 0 Å². The molecule has 1 N–H and O–H groups in total. The third-order valence-electron chi connectivity index (χ3n) is 3.76. The average Bonchev–Trinajstić information content (AvgIpc) is 2.59. The second-order valence-electron chi connectivity index (χ2n) is 5.65. The molecule has 0 saturated heterocycles. The number of carbonyl (C=O) groups is 1. The fourth-order valence-corrected chi connectivity index (χ4v) is 4.01. The molecule has 0 aliphatic heterocycles. The molecule has 0 aliphatic rings. The van der Waals surface area contributed by atoms with Crippen LogP contribution < -0.4 is 14.4 Å². The van der Waals surface area contributed by atoms with Crippen LogP contribution >= 0.6 is 11.6 Å². The van der Waals surface area contributed by atoms with Crippen molar-refractivity contribution < 1.29 is 17.9 Å². The highest BCUT2D eigenvalue weighted by molar-refractivity contribution is 7.92. The number of anilines is 2. The van der Waals surface area contributed by atoms with Crippen molar-refractivity contribution in [3.8, 4) is 5.75 Å². The van der Waals surface area contributed by atoms with Gasteiger partial charge in [0.05, 0.1) is 24.7 Å². The fourth-order valence-electron chi connectivity index (χ4n) is 2.63. The largest absolute Gasteiger partial charge is 0.495 e. The summed E-state index contributed by atoms with van der Waals surface area (Å²) < 4.78 is 31.1. The van der Waals surface area contributed by atoms with Gasteiger partial charge in [0, 0.05) is 5.02 Å². The molecule has 2 aromatic rings. The molecular weight excluding hydrogens is 376 g/mol. The summed E-state index contributed by atoms with van der Waals surface area (Å²) in [5.74, 6) is -0.0365. The van der Waals surface area contributed by atoms with E-state index in [4.69, 9.17) is 16.3 Å². The minimum Gasteiger partial charge on any atom is -0.495 e. The van der Waals surface area contributed by atoms with Crippen molar-refractivity contribution in [1.82, 2.24) is 0 Å². The summed E-state index contributed by atoms with van der Waals surface area (Å²) in [6.45, 7) is 1.75. The Kier molecular flexibility index (Phi) is 6.50. The van der Waals surface area contributed by atoms with Crippen molar-refractivity contribution in [1.29, 1.82) is 0 Å². The van der Waals surface area contributed by atoms with Gasteiger partial charge in [-0.05, 0) is 36.8 Å². The first kappa shape index (κ1) is 20.1. The van der Waals surface area contributed by atoms with Crippen molar-refractivity contribution >= 4 is 38.9 Å². The van der Waals surface area contributed by atoms with Gasteiger partial charge in [0.25, 0.3) is 0 Å². The number of halogens is 1. The summed E-state index contributed by atoms with van der Waals surface area (Å²) >= 11 is 5.99. The highest BCUT2D eigenvalue weighted by Crippen LogP contribution is 2.29. The number of nitrogens with zero attached hydrogens (tertiary/aromatic N) is 1. The molecule has 2 aromatic carbocycles. The van der Waals surface area contributed by atoms with Gasteiger partial charge in [-0.2, -0.15) is 0 Å². The Bertz CT molecular complexity index is 872. The van der Waals surface area contributed by atoms with Gasteiger partial charge < -0.3 is 10.1 Å². The predicted molar refractivity (Wildman–Crippen MR) is 104 cm³/mol. The van der Waals surface area contributed by atoms with E-state index in [0.29, 0.717) is 22.1 Å². The van der Waals surface area contributed by atoms with E-state index < -0.39 is 22.0 Å². The topological polar surface area (TPSA) is 75.7 Å². The standard InChI is InChI=1S/C18H21ClN2O4S/c1-4-16(21(26(3,23)24)14-8-6-5-7-9-14)18(22)20-15-12-13(19)10-11-17(15)25-2/h5-12,16H,4H2,1-3H3,(H,20,22)/t16-/m1/s1. The number of hydrogen-bond acceptors (Lipinski definition) is 4. The van der Waals surface area contributed by atoms with Gasteiger partial charge in [-0.15, -0.1) is 0 Å². The maximum atomic E-state index is 12.9. The molecule has 1 amide bonds. The Hall–Kier alpha value is -2.25. The average molecular weight is 397 g/mol. The van der Waals surface area contributed by atoms with Crippen LogP contribution in [0.15, 0.2) is 48.5 Å². The number of ether oxygens (including phenoxy) is 1. The van der Waals surface area contributed by atoms with Crippen LogP contribution in [0.25, 0.3) is 0 Å². The van der Waals surface area contributed by atoms with Crippen LogP contribution in [0.1, 0.15) is 13.3 Å². The molecule has 0 radical (unpaired) electrons. The summed E-state index contributed by atoms with van der Waals surface area (Å²) in [5.41, 5.74) is 0.806. The van der Waals surface area contributed by atoms with Crippen molar-refractivity contribution in [3.63, 3.8) is 0 Å². The second kappa shape index (κ2) is 8.42. The van der Waals surface area contributed by atoms with E-state index in [1.54, 1.807) is 55.5 Å². The lowest BCUT2D eigenvalue weighted by atomic mass is 10.1. The Morgan fingerprint density at radius 2 is 1.88 bits per heavy atom. The van der Waals surface area contributed by atoms with Crippen molar-refractivity contribution in [3.05, 3.63) is 53.6 Å². The molecular formula is C18H21ClN2O4S. The van der Waals surface area contributed by atoms with Crippen LogP contribution in [0.2, 0.25) is 5.02 Å². The van der Waals surface area contributed by atoms with Crippen LogP contribution in [0, 0.1) is 0 Å². The summed E-state index contributed by atoms with van der Waals surface area (Å²) in [6.07, 6.45) is 1.37. The Balaban J connectivity index is 2.39. The molecule has 0 spiro atoms. The van der Waals surface area contributed by atoms with Gasteiger partial charge in [-0.3, -0.25) is 9.10 Å². The molecule has 26 heavy (non-hydrogen) atoms. The zero-order valence-corrected chi connectivity index (χ0v) is 16.3. The SMILES string of the molecule is CC[C@H](C(=O)Nc1cc(Cl)ccc1OC)N(c1ccccc1)S(C)(=O)=O. The number of rotatable bonds is 7. The summed E-state index contributed by atoms with van der Waals surface area (Å²) in [5, 5.41) is 3.15. The minimum absolute atomic E-state index is 0.288. The molecule has 0 bridgehead atoms. The summed E-state index contributed by atoms with van der Waals surface area (Å²) in [6, 6.07) is 12.4. The first-order valence-corrected chi connectivity index (χ1v) is 10.2. The number of methoxy groups -OCH3 is 1. The first-order chi connectivity index (χ1) is 12.3. The number of amides is 1. The van der Waals surface area contributed by atoms with Crippen molar-refractivity contribution in [2.24, 2.45) is 0 Å². The van der Waals surface area contributed by atoms with Gasteiger partial charge in [0.15, 0.2) is 0 Å². The van der Waals surface area contributed by atoms with E-state index in [-0.39, 0.29) is 6.42 Å². The molecule has 0 fully saturated rings. The predicted octanol–water partition coefficient (Wildman–Crippen LogP) is 3.53. The highest BCUT2D eigenvalue weighted by Gasteiger charge is 2.31. The number of benzene rings is 2. The summed E-state index contributed by atoms with van der Waals surface area (Å²) in [7, 11) is -2.20. The smallest absolute Gasteiger partial charge is 0.248 e. The molecule has 8 heteroatoms. The maximum absolute atomic E-state index is 12.9. The summed E-state index contributed by atoms with van der Waals surface area (Å²) in [4.78, 5) is 12.9. The van der Waals surface area contributed by atoms with E-state index in [2.05, 4.69) is 5.32 Å². The van der Waals surface area contributed by atoms with Gasteiger partial charge in [-0.1, -0.05) is 36.7 Å². The molecule has 6 nitrogen and oxygen atoms in total. The van der Waals surface area contributed by atoms with Gasteiger partial charge in [-0.25, -0.2) is 8.42 Å². The van der Waals surface area contributed by atoms with E-state index in [9.17, 15) is 13.2 Å². The Labute approximate surface area is 158 Å². The monoisotopic (exact) mass is 396 g/mol. The highest BCUT2D eigenvalue weighted by atomic mass is 35.5. The number of para-hydroxylation sites is 1. The van der Waals surface area contributed by atoms with Gasteiger partial charge >= 0.3 is 0 Å². The van der Waals surface area contributed by atoms with Crippen LogP contribution in [0.4, 0.5) is 11.4 Å². The molecule has 0 unspecified atom stereocenters. The first-order valence-electron chi connectivity index (χ1n) is 7.96. The zero-order valence-electron chi connectivity index (χ0n) is 14.8. The maximum Gasteiger partial charge on any atom is 0.248 e. The lowest BCUT2D eigenvalue weighted by molar-refractivity contribution is -0.117.